The van der Waals surface area contributed by atoms with Gasteiger partial charge in [-0.3, -0.25) is 4.79 Å². The Bertz CT molecular complexity index is 742. The first-order chi connectivity index (χ1) is 12.1. The van der Waals surface area contributed by atoms with Crippen molar-refractivity contribution in [3.63, 3.8) is 0 Å². The number of carbonyl (C=O) groups is 1. The van der Waals surface area contributed by atoms with E-state index < -0.39 is 23.2 Å². The van der Waals surface area contributed by atoms with Crippen LogP contribution in [0.15, 0.2) is 54.6 Å². The molecule has 2 aromatic carbocycles. The van der Waals surface area contributed by atoms with Gasteiger partial charge in [0.25, 0.3) is 0 Å². The van der Waals surface area contributed by atoms with Gasteiger partial charge in [-0.05, 0) is 23.6 Å². The van der Waals surface area contributed by atoms with Crippen molar-refractivity contribution in [1.82, 2.24) is 5.32 Å². The van der Waals surface area contributed by atoms with Crippen LogP contribution in [0.4, 0.5) is 13.2 Å². The Morgan fingerprint density at radius 3 is 2.27 bits per heavy atom. The molecule has 26 heavy (non-hydrogen) atoms. The summed E-state index contributed by atoms with van der Waals surface area (Å²) in [6, 6.07) is 13.9. The summed E-state index contributed by atoms with van der Waals surface area (Å²) in [5, 5.41) is 2.75. The van der Waals surface area contributed by atoms with E-state index in [2.05, 4.69) is 5.32 Å². The average Bonchev–Trinajstić information content (AvgIpc) is 2.60. The van der Waals surface area contributed by atoms with Gasteiger partial charge in [0, 0.05) is 12.0 Å². The number of halogens is 3. The average molecular weight is 364 g/mol. The van der Waals surface area contributed by atoms with Crippen LogP contribution in [0.1, 0.15) is 30.5 Å². The molecule has 0 fully saturated rings. The van der Waals surface area contributed by atoms with Gasteiger partial charge in [0.1, 0.15) is 0 Å². The zero-order valence-corrected chi connectivity index (χ0v) is 14.8. The number of carbonyl (C=O) groups excluding carboxylic acids is 1. The van der Waals surface area contributed by atoms with E-state index in [-0.39, 0.29) is 12.5 Å². The summed E-state index contributed by atoms with van der Waals surface area (Å²) in [4.78, 5) is 12.2. The van der Waals surface area contributed by atoms with Crippen LogP contribution in [-0.2, 0) is 22.8 Å². The molecule has 0 heterocycles. The van der Waals surface area contributed by atoms with Gasteiger partial charge < -0.3 is 11.1 Å². The highest BCUT2D eigenvalue weighted by Crippen LogP contribution is 2.32. The molecule has 140 valence electrons. The van der Waals surface area contributed by atoms with Gasteiger partial charge in [-0.15, -0.1) is 0 Å². The molecule has 1 amide bonds. The number of hydrogen-bond acceptors (Lipinski definition) is 2. The summed E-state index contributed by atoms with van der Waals surface area (Å²) in [7, 11) is 0. The number of benzene rings is 2. The Labute approximate surface area is 151 Å². The maximum atomic E-state index is 12.9. The lowest BCUT2D eigenvalue weighted by atomic mass is 9.83. The summed E-state index contributed by atoms with van der Waals surface area (Å²) < 4.78 is 38.7. The van der Waals surface area contributed by atoms with Crippen molar-refractivity contribution in [3.8, 4) is 0 Å². The van der Waals surface area contributed by atoms with E-state index in [1.807, 2.05) is 30.3 Å². The highest BCUT2D eigenvalue weighted by Gasteiger charge is 2.32. The molecule has 0 aromatic heterocycles. The second-order valence-corrected chi connectivity index (χ2v) is 6.98. The topological polar surface area (TPSA) is 55.1 Å². The molecule has 0 aliphatic carbocycles. The van der Waals surface area contributed by atoms with E-state index in [1.54, 1.807) is 19.9 Å². The third-order valence-electron chi connectivity index (χ3n) is 4.31. The second kappa shape index (κ2) is 7.91. The van der Waals surface area contributed by atoms with E-state index in [1.165, 1.54) is 6.07 Å². The molecule has 3 N–H and O–H groups in total. The van der Waals surface area contributed by atoms with Gasteiger partial charge in [0.2, 0.25) is 5.91 Å². The molecule has 2 rings (SSSR count). The first-order valence-corrected chi connectivity index (χ1v) is 8.34. The Morgan fingerprint density at radius 1 is 1.04 bits per heavy atom. The second-order valence-electron chi connectivity index (χ2n) is 6.98. The summed E-state index contributed by atoms with van der Waals surface area (Å²) in [5.41, 5.74) is 6.03. The number of alkyl halides is 3. The normalized spacial score (nSPS) is 13.3. The Balaban J connectivity index is 2.00. The van der Waals surface area contributed by atoms with Gasteiger partial charge in [-0.2, -0.15) is 13.2 Å². The minimum absolute atomic E-state index is 0.190. The van der Waals surface area contributed by atoms with Gasteiger partial charge >= 0.3 is 6.18 Å². The minimum Gasteiger partial charge on any atom is -0.354 e. The van der Waals surface area contributed by atoms with Crippen LogP contribution in [0.2, 0.25) is 0 Å². The van der Waals surface area contributed by atoms with Gasteiger partial charge in [-0.25, -0.2) is 0 Å². The molecule has 0 spiro atoms. The molecule has 0 aliphatic heterocycles. The van der Waals surface area contributed by atoms with E-state index in [0.717, 1.165) is 17.7 Å². The molecule has 2 aromatic rings. The predicted molar refractivity (Wildman–Crippen MR) is 95.6 cm³/mol. The lowest BCUT2D eigenvalue weighted by Crippen LogP contribution is -2.46. The Hall–Kier alpha value is -2.34. The fraction of sp³-hybridized carbons (Fsp3) is 0.350. The third kappa shape index (κ3) is 5.33. The molecular formula is C20H23F3N2O. The van der Waals surface area contributed by atoms with Crippen molar-refractivity contribution in [3.05, 3.63) is 71.3 Å². The van der Waals surface area contributed by atoms with E-state index in [0.29, 0.717) is 12.0 Å². The van der Waals surface area contributed by atoms with Crippen molar-refractivity contribution < 1.29 is 18.0 Å². The highest BCUT2D eigenvalue weighted by atomic mass is 19.4. The largest absolute Gasteiger partial charge is 0.416 e. The standard InChI is InChI=1S/C20H23F3N2O/c1-19(2,15-9-6-10-16(12-15)20(21,22)23)13-25-18(26)17(24)11-14-7-4-3-5-8-14/h3-10,12,17H,11,13,24H2,1-2H3,(H,25,26)/t17-/m0/s1. The number of amides is 1. The summed E-state index contributed by atoms with van der Waals surface area (Å²) >= 11 is 0. The number of hydrogen-bond donors (Lipinski definition) is 2. The molecule has 0 radical (unpaired) electrons. The monoisotopic (exact) mass is 364 g/mol. The molecule has 1 atom stereocenters. The quantitative estimate of drug-likeness (QED) is 0.822. The van der Waals surface area contributed by atoms with Crippen LogP contribution in [-0.4, -0.2) is 18.5 Å². The van der Waals surface area contributed by atoms with Gasteiger partial charge in [0.15, 0.2) is 0 Å². The van der Waals surface area contributed by atoms with Crippen LogP contribution in [0.5, 0.6) is 0 Å². The van der Waals surface area contributed by atoms with Crippen molar-refractivity contribution in [2.24, 2.45) is 5.73 Å². The molecule has 0 unspecified atom stereocenters. The Morgan fingerprint density at radius 2 is 1.65 bits per heavy atom. The zero-order valence-electron chi connectivity index (χ0n) is 14.8. The van der Waals surface area contributed by atoms with Gasteiger partial charge in [-0.1, -0.05) is 62.4 Å². The smallest absolute Gasteiger partial charge is 0.354 e. The molecule has 0 bridgehead atoms. The van der Waals surface area contributed by atoms with Gasteiger partial charge in [0.05, 0.1) is 11.6 Å². The van der Waals surface area contributed by atoms with E-state index in [4.69, 9.17) is 5.73 Å². The van der Waals surface area contributed by atoms with E-state index in [9.17, 15) is 18.0 Å². The number of rotatable bonds is 6. The summed E-state index contributed by atoms with van der Waals surface area (Å²) in [5.74, 6) is -0.325. The summed E-state index contributed by atoms with van der Waals surface area (Å²) in [6.45, 7) is 3.76. The van der Waals surface area contributed by atoms with Crippen LogP contribution in [0.25, 0.3) is 0 Å². The fourth-order valence-electron chi connectivity index (χ4n) is 2.62. The Kier molecular flexibility index (Phi) is 6.08. The van der Waals surface area contributed by atoms with Crippen LogP contribution in [0.3, 0.4) is 0 Å². The predicted octanol–water partition coefficient (Wildman–Crippen LogP) is 3.67. The molecular weight excluding hydrogens is 341 g/mol. The van der Waals surface area contributed by atoms with Crippen molar-refractivity contribution in [2.75, 3.05) is 6.54 Å². The first-order valence-electron chi connectivity index (χ1n) is 8.34. The van der Waals surface area contributed by atoms with Crippen LogP contribution < -0.4 is 11.1 Å². The fourth-order valence-corrected chi connectivity index (χ4v) is 2.62. The molecule has 3 nitrogen and oxygen atoms in total. The SMILES string of the molecule is CC(C)(CNC(=O)[C@@H](N)Cc1ccccc1)c1cccc(C(F)(F)F)c1. The maximum Gasteiger partial charge on any atom is 0.416 e. The molecule has 0 saturated carbocycles. The van der Waals surface area contributed by atoms with Crippen LogP contribution >= 0.6 is 0 Å². The van der Waals surface area contributed by atoms with Crippen molar-refractivity contribution >= 4 is 5.91 Å². The molecule has 6 heteroatoms. The highest BCUT2D eigenvalue weighted by molar-refractivity contribution is 5.81. The number of nitrogens with two attached hydrogens (primary N) is 1. The zero-order chi connectivity index (χ0) is 19.4. The molecule has 0 aliphatic rings. The summed E-state index contributed by atoms with van der Waals surface area (Å²) in [6.07, 6.45) is -4.00. The third-order valence-corrected chi connectivity index (χ3v) is 4.31. The maximum absolute atomic E-state index is 12.9. The van der Waals surface area contributed by atoms with Crippen LogP contribution in [0, 0.1) is 0 Å². The minimum atomic E-state index is -4.40. The number of nitrogens with one attached hydrogen (secondary N) is 1. The lowest BCUT2D eigenvalue weighted by molar-refractivity contribution is -0.137. The van der Waals surface area contributed by atoms with Crippen molar-refractivity contribution in [2.45, 2.75) is 37.9 Å². The molecule has 0 saturated heterocycles. The van der Waals surface area contributed by atoms with Crippen molar-refractivity contribution in [1.29, 1.82) is 0 Å². The first kappa shape index (κ1) is 20.0. The lowest BCUT2D eigenvalue weighted by Gasteiger charge is -2.27. The van der Waals surface area contributed by atoms with E-state index >= 15 is 0 Å².